The molecule has 0 saturated carbocycles. The molecule has 0 spiro atoms. The van der Waals surface area contributed by atoms with Gasteiger partial charge in [-0.25, -0.2) is 0 Å². The van der Waals surface area contributed by atoms with Gasteiger partial charge in [0, 0.05) is 31.2 Å². The van der Waals surface area contributed by atoms with Gasteiger partial charge >= 0.3 is 0 Å². The van der Waals surface area contributed by atoms with Gasteiger partial charge in [0.2, 0.25) is 5.91 Å². The molecule has 9 heteroatoms. The van der Waals surface area contributed by atoms with Crippen molar-refractivity contribution in [3.63, 3.8) is 0 Å². The zero-order valence-electron chi connectivity index (χ0n) is 14.7. The molecule has 0 unspecified atom stereocenters. The average molecular weight is 384 g/mol. The van der Waals surface area contributed by atoms with Crippen molar-refractivity contribution in [1.29, 1.82) is 0 Å². The third-order valence-electron chi connectivity index (χ3n) is 4.23. The number of nitro groups is 1. The Morgan fingerprint density at radius 2 is 2.15 bits per heavy atom. The number of nitro benzene ring substituents is 1. The second-order valence-corrected chi connectivity index (χ2v) is 7.00. The summed E-state index contributed by atoms with van der Waals surface area (Å²) < 4.78 is 5.28. The minimum absolute atomic E-state index is 0.0391. The van der Waals surface area contributed by atoms with Gasteiger partial charge < -0.3 is 15.4 Å². The van der Waals surface area contributed by atoms with E-state index in [1.807, 2.05) is 13.8 Å². The summed E-state index contributed by atoms with van der Waals surface area (Å²) in [4.78, 5) is 35.1. The summed E-state index contributed by atoms with van der Waals surface area (Å²) in [5.74, 6) is -0.691. The van der Waals surface area contributed by atoms with Crippen LogP contribution in [0.25, 0.3) is 0 Å². The highest BCUT2D eigenvalue weighted by Crippen LogP contribution is 2.22. The Morgan fingerprint density at radius 3 is 2.69 bits per heavy atom. The van der Waals surface area contributed by atoms with Crippen molar-refractivity contribution in [2.75, 3.05) is 19.8 Å². The number of carbonyl (C=O) groups excluding carboxylic acids is 2. The van der Waals surface area contributed by atoms with E-state index in [2.05, 4.69) is 10.6 Å². The molecule has 2 amide bonds. The van der Waals surface area contributed by atoms with Gasteiger partial charge in [-0.05, 0) is 18.4 Å². The van der Waals surface area contributed by atoms with E-state index in [4.69, 9.17) is 16.3 Å². The maximum atomic E-state index is 12.5. The first-order chi connectivity index (χ1) is 12.3. The molecule has 2 rings (SSSR count). The maximum absolute atomic E-state index is 12.5. The van der Waals surface area contributed by atoms with E-state index in [1.165, 1.54) is 12.1 Å². The van der Waals surface area contributed by atoms with Gasteiger partial charge in [0.25, 0.3) is 11.6 Å². The van der Waals surface area contributed by atoms with Gasteiger partial charge in [0.05, 0.1) is 22.1 Å². The number of hydrogen-bond acceptors (Lipinski definition) is 5. The standard InChI is InChI=1S/C17H22ClN3O5/c1-10(2)15(17(23)19-8-11-5-6-26-9-11)20-16(22)13-4-3-12(21(24)25)7-14(13)18/h3-4,7,10-11,15H,5-6,8-9H2,1-2H3,(H,19,23)(H,20,22)/t11-,15-/m1/s1. The normalized spacial score (nSPS) is 17.8. The van der Waals surface area contributed by atoms with E-state index < -0.39 is 16.9 Å². The number of rotatable bonds is 7. The van der Waals surface area contributed by atoms with Gasteiger partial charge in [-0.3, -0.25) is 19.7 Å². The Kier molecular flexibility index (Phi) is 6.93. The third-order valence-corrected chi connectivity index (χ3v) is 4.55. The van der Waals surface area contributed by atoms with Crippen LogP contribution in [0, 0.1) is 22.0 Å². The molecule has 1 aliphatic rings. The monoisotopic (exact) mass is 383 g/mol. The predicted molar refractivity (Wildman–Crippen MR) is 96.1 cm³/mol. The summed E-state index contributed by atoms with van der Waals surface area (Å²) in [6, 6.07) is 2.85. The lowest BCUT2D eigenvalue weighted by Gasteiger charge is -2.22. The molecule has 2 N–H and O–H groups in total. The van der Waals surface area contributed by atoms with E-state index in [0.29, 0.717) is 19.8 Å². The average Bonchev–Trinajstić information content (AvgIpc) is 3.10. The van der Waals surface area contributed by atoms with Crippen molar-refractivity contribution in [3.8, 4) is 0 Å². The summed E-state index contributed by atoms with van der Waals surface area (Å²) in [7, 11) is 0. The summed E-state index contributed by atoms with van der Waals surface area (Å²) in [5, 5.41) is 16.2. The zero-order valence-corrected chi connectivity index (χ0v) is 15.4. The Morgan fingerprint density at radius 1 is 1.42 bits per heavy atom. The predicted octanol–water partition coefficient (Wildman–Crippen LogP) is 2.16. The molecular weight excluding hydrogens is 362 g/mol. The molecular formula is C17H22ClN3O5. The van der Waals surface area contributed by atoms with Gasteiger partial charge in [0.1, 0.15) is 6.04 Å². The van der Waals surface area contributed by atoms with Crippen LogP contribution < -0.4 is 10.6 Å². The molecule has 0 bridgehead atoms. The minimum atomic E-state index is -0.740. The van der Waals surface area contributed by atoms with E-state index in [9.17, 15) is 19.7 Å². The van der Waals surface area contributed by atoms with E-state index >= 15 is 0 Å². The minimum Gasteiger partial charge on any atom is -0.381 e. The molecule has 0 radical (unpaired) electrons. The van der Waals surface area contributed by atoms with E-state index in [1.54, 1.807) is 0 Å². The maximum Gasteiger partial charge on any atom is 0.270 e. The highest BCUT2D eigenvalue weighted by molar-refractivity contribution is 6.34. The second kappa shape index (κ2) is 8.95. The van der Waals surface area contributed by atoms with Crippen molar-refractivity contribution < 1.29 is 19.2 Å². The van der Waals surface area contributed by atoms with Crippen LogP contribution in [0.3, 0.4) is 0 Å². The summed E-state index contributed by atoms with van der Waals surface area (Å²) in [5.41, 5.74) is -0.122. The highest BCUT2D eigenvalue weighted by atomic mass is 35.5. The number of ether oxygens (including phenoxy) is 1. The quantitative estimate of drug-likeness (QED) is 0.553. The first-order valence-corrected chi connectivity index (χ1v) is 8.77. The van der Waals surface area contributed by atoms with Crippen LogP contribution in [-0.2, 0) is 9.53 Å². The number of hydrogen-bond donors (Lipinski definition) is 2. The number of benzene rings is 1. The number of non-ortho nitro benzene ring substituents is 1. The molecule has 2 atom stereocenters. The van der Waals surface area contributed by atoms with Crippen LogP contribution in [0.4, 0.5) is 5.69 Å². The Labute approximate surface area is 156 Å². The van der Waals surface area contributed by atoms with Crippen molar-refractivity contribution in [2.45, 2.75) is 26.3 Å². The fourth-order valence-corrected chi connectivity index (χ4v) is 2.92. The first-order valence-electron chi connectivity index (χ1n) is 8.40. The summed E-state index contributed by atoms with van der Waals surface area (Å²) in [6.07, 6.45) is 0.900. The number of carbonyl (C=O) groups is 2. The Hall–Kier alpha value is -2.19. The summed E-state index contributed by atoms with van der Waals surface area (Å²) in [6.45, 7) is 5.46. The zero-order chi connectivity index (χ0) is 19.3. The largest absolute Gasteiger partial charge is 0.381 e. The molecule has 8 nitrogen and oxygen atoms in total. The topological polar surface area (TPSA) is 111 Å². The van der Waals surface area contributed by atoms with Crippen LogP contribution in [-0.4, -0.2) is 42.5 Å². The van der Waals surface area contributed by atoms with Gasteiger partial charge in [-0.15, -0.1) is 0 Å². The van der Waals surface area contributed by atoms with E-state index in [-0.39, 0.29) is 34.0 Å². The second-order valence-electron chi connectivity index (χ2n) is 6.59. The van der Waals surface area contributed by atoms with Crippen molar-refractivity contribution in [3.05, 3.63) is 38.9 Å². The lowest BCUT2D eigenvalue weighted by Crippen LogP contribution is -2.50. The van der Waals surface area contributed by atoms with Crippen LogP contribution >= 0.6 is 11.6 Å². The fraction of sp³-hybridized carbons (Fsp3) is 0.529. The third kappa shape index (κ3) is 5.15. The van der Waals surface area contributed by atoms with E-state index in [0.717, 1.165) is 12.5 Å². The van der Waals surface area contributed by atoms with Crippen LogP contribution in [0.1, 0.15) is 30.6 Å². The SMILES string of the molecule is CC(C)[C@@H](NC(=O)c1ccc([N+](=O)[O-])cc1Cl)C(=O)NC[C@H]1CCOC1. The Balaban J connectivity index is 2.02. The van der Waals surface area contributed by atoms with Gasteiger partial charge in [-0.1, -0.05) is 25.4 Å². The molecule has 1 aromatic rings. The molecule has 1 aromatic carbocycles. The van der Waals surface area contributed by atoms with Crippen LogP contribution in [0.15, 0.2) is 18.2 Å². The first kappa shape index (κ1) is 20.1. The number of nitrogens with one attached hydrogen (secondary N) is 2. The number of halogens is 1. The number of nitrogens with zero attached hydrogens (tertiary/aromatic N) is 1. The lowest BCUT2D eigenvalue weighted by atomic mass is 10.0. The Bertz CT molecular complexity index is 689. The van der Waals surface area contributed by atoms with Crippen LogP contribution in [0.5, 0.6) is 0 Å². The molecule has 1 aliphatic heterocycles. The van der Waals surface area contributed by atoms with Crippen molar-refractivity contribution in [1.82, 2.24) is 10.6 Å². The lowest BCUT2D eigenvalue weighted by molar-refractivity contribution is -0.384. The smallest absolute Gasteiger partial charge is 0.270 e. The molecule has 0 aliphatic carbocycles. The molecule has 1 heterocycles. The fourth-order valence-electron chi connectivity index (χ4n) is 2.65. The summed E-state index contributed by atoms with van der Waals surface area (Å²) >= 11 is 5.98. The highest BCUT2D eigenvalue weighted by Gasteiger charge is 2.27. The molecule has 26 heavy (non-hydrogen) atoms. The van der Waals surface area contributed by atoms with Gasteiger partial charge in [0.15, 0.2) is 0 Å². The number of amides is 2. The molecule has 0 aromatic heterocycles. The molecule has 1 fully saturated rings. The molecule has 142 valence electrons. The molecule has 1 saturated heterocycles. The van der Waals surface area contributed by atoms with Crippen molar-refractivity contribution in [2.24, 2.45) is 11.8 Å². The van der Waals surface area contributed by atoms with Gasteiger partial charge in [-0.2, -0.15) is 0 Å². The van der Waals surface area contributed by atoms with Crippen LogP contribution in [0.2, 0.25) is 5.02 Å². The van der Waals surface area contributed by atoms with Crippen molar-refractivity contribution >= 4 is 29.1 Å².